The number of hydrogen-bond donors (Lipinski definition) is 1. The first-order valence-corrected chi connectivity index (χ1v) is 8.05. The molecule has 1 aromatic rings. The SMILES string of the molecule is COCCNCC1(Cc2c(Cl)cccc2Cl)CCCC1. The van der Waals surface area contributed by atoms with Gasteiger partial charge in [0.05, 0.1) is 6.61 Å². The van der Waals surface area contributed by atoms with Crippen LogP contribution < -0.4 is 5.32 Å². The van der Waals surface area contributed by atoms with E-state index in [2.05, 4.69) is 5.32 Å². The second-order valence-electron chi connectivity index (χ2n) is 5.75. The molecule has 0 aromatic heterocycles. The molecule has 1 aliphatic carbocycles. The van der Waals surface area contributed by atoms with E-state index in [1.807, 2.05) is 18.2 Å². The molecule has 0 aliphatic heterocycles. The quantitative estimate of drug-likeness (QED) is 0.756. The van der Waals surface area contributed by atoms with Crippen LogP contribution in [-0.2, 0) is 11.2 Å². The smallest absolute Gasteiger partial charge is 0.0587 e. The van der Waals surface area contributed by atoms with Crippen LogP contribution in [0.15, 0.2) is 18.2 Å². The average molecular weight is 316 g/mol. The standard InChI is InChI=1S/C16H23Cl2NO/c1-20-10-9-19-12-16(7-2-3-8-16)11-13-14(17)5-4-6-15(13)18/h4-6,19H,2-3,7-12H2,1H3. The number of rotatable bonds is 7. The topological polar surface area (TPSA) is 21.3 Å². The fraction of sp³-hybridized carbons (Fsp3) is 0.625. The van der Waals surface area contributed by atoms with Crippen molar-refractivity contribution < 1.29 is 4.74 Å². The minimum atomic E-state index is 0.294. The summed E-state index contributed by atoms with van der Waals surface area (Å²) in [5.41, 5.74) is 1.40. The molecule has 20 heavy (non-hydrogen) atoms. The first kappa shape index (κ1) is 16.1. The molecule has 1 N–H and O–H groups in total. The Morgan fingerprint density at radius 2 is 1.85 bits per heavy atom. The number of nitrogens with one attached hydrogen (secondary N) is 1. The zero-order chi connectivity index (χ0) is 14.4. The molecule has 0 heterocycles. The summed E-state index contributed by atoms with van der Waals surface area (Å²) in [4.78, 5) is 0. The molecule has 1 fully saturated rings. The lowest BCUT2D eigenvalue weighted by Crippen LogP contribution is -2.35. The van der Waals surface area contributed by atoms with Gasteiger partial charge in [0.25, 0.3) is 0 Å². The van der Waals surface area contributed by atoms with E-state index in [1.165, 1.54) is 25.7 Å². The molecule has 0 spiro atoms. The van der Waals surface area contributed by atoms with Gasteiger partial charge in [0.15, 0.2) is 0 Å². The van der Waals surface area contributed by atoms with E-state index in [0.29, 0.717) is 5.41 Å². The lowest BCUT2D eigenvalue weighted by Gasteiger charge is -2.30. The van der Waals surface area contributed by atoms with Crippen molar-refractivity contribution in [3.05, 3.63) is 33.8 Å². The maximum absolute atomic E-state index is 6.33. The van der Waals surface area contributed by atoms with Gasteiger partial charge in [-0.2, -0.15) is 0 Å². The molecular weight excluding hydrogens is 293 g/mol. The molecule has 1 aromatic carbocycles. The van der Waals surface area contributed by atoms with E-state index in [1.54, 1.807) is 7.11 Å². The molecule has 0 atom stereocenters. The van der Waals surface area contributed by atoms with Crippen molar-refractivity contribution in [2.24, 2.45) is 5.41 Å². The van der Waals surface area contributed by atoms with Crippen molar-refractivity contribution in [3.63, 3.8) is 0 Å². The number of methoxy groups -OCH3 is 1. The van der Waals surface area contributed by atoms with Crippen molar-refractivity contribution in [3.8, 4) is 0 Å². The van der Waals surface area contributed by atoms with Crippen LogP contribution in [0.4, 0.5) is 0 Å². The third kappa shape index (κ3) is 4.11. The van der Waals surface area contributed by atoms with Gasteiger partial charge < -0.3 is 10.1 Å². The van der Waals surface area contributed by atoms with Crippen molar-refractivity contribution >= 4 is 23.2 Å². The molecule has 0 amide bonds. The highest BCUT2D eigenvalue weighted by Gasteiger charge is 2.34. The summed E-state index contributed by atoms with van der Waals surface area (Å²) in [6, 6.07) is 5.78. The Morgan fingerprint density at radius 3 is 2.45 bits per heavy atom. The van der Waals surface area contributed by atoms with Crippen LogP contribution in [0.2, 0.25) is 10.0 Å². The summed E-state index contributed by atoms with van der Waals surface area (Å²) < 4.78 is 5.09. The molecule has 0 unspecified atom stereocenters. The zero-order valence-corrected chi connectivity index (χ0v) is 13.6. The van der Waals surface area contributed by atoms with Crippen molar-refractivity contribution in [1.29, 1.82) is 0 Å². The van der Waals surface area contributed by atoms with E-state index in [-0.39, 0.29) is 0 Å². The van der Waals surface area contributed by atoms with Gasteiger partial charge in [-0.1, -0.05) is 42.1 Å². The first-order chi connectivity index (χ1) is 9.67. The minimum absolute atomic E-state index is 0.294. The first-order valence-electron chi connectivity index (χ1n) is 7.29. The van der Waals surface area contributed by atoms with Gasteiger partial charge in [-0.3, -0.25) is 0 Å². The summed E-state index contributed by atoms with van der Waals surface area (Å²) in [6.45, 7) is 2.66. The summed E-state index contributed by atoms with van der Waals surface area (Å²) in [7, 11) is 1.73. The zero-order valence-electron chi connectivity index (χ0n) is 12.1. The highest BCUT2D eigenvalue weighted by molar-refractivity contribution is 6.36. The molecule has 112 valence electrons. The Balaban J connectivity index is 2.05. The van der Waals surface area contributed by atoms with E-state index in [0.717, 1.165) is 41.7 Å². The number of ether oxygens (including phenoxy) is 1. The van der Waals surface area contributed by atoms with Gasteiger partial charge in [0.1, 0.15) is 0 Å². The van der Waals surface area contributed by atoms with Gasteiger partial charge in [-0.25, -0.2) is 0 Å². The molecule has 2 nitrogen and oxygen atoms in total. The lowest BCUT2D eigenvalue weighted by atomic mass is 9.80. The minimum Gasteiger partial charge on any atom is -0.383 e. The Morgan fingerprint density at radius 1 is 1.20 bits per heavy atom. The maximum Gasteiger partial charge on any atom is 0.0587 e. The largest absolute Gasteiger partial charge is 0.383 e. The third-order valence-corrected chi connectivity index (χ3v) is 4.97. The second-order valence-corrected chi connectivity index (χ2v) is 6.57. The van der Waals surface area contributed by atoms with Gasteiger partial charge >= 0.3 is 0 Å². The van der Waals surface area contributed by atoms with Gasteiger partial charge in [-0.05, 0) is 42.4 Å². The summed E-state index contributed by atoms with van der Waals surface area (Å²) in [5.74, 6) is 0. The van der Waals surface area contributed by atoms with Crippen LogP contribution >= 0.6 is 23.2 Å². The Hall–Kier alpha value is -0.280. The Bertz CT molecular complexity index is 410. The van der Waals surface area contributed by atoms with Gasteiger partial charge in [0, 0.05) is 30.2 Å². The van der Waals surface area contributed by atoms with Crippen LogP contribution in [-0.4, -0.2) is 26.8 Å². The normalized spacial score (nSPS) is 17.6. The van der Waals surface area contributed by atoms with E-state index in [4.69, 9.17) is 27.9 Å². The molecule has 4 heteroatoms. The summed E-state index contributed by atoms with van der Waals surface area (Å²) in [6.07, 6.45) is 6.05. The van der Waals surface area contributed by atoms with Crippen LogP contribution in [0, 0.1) is 5.41 Å². The molecule has 1 saturated carbocycles. The van der Waals surface area contributed by atoms with Crippen LogP contribution in [0.5, 0.6) is 0 Å². The fourth-order valence-corrected chi connectivity index (χ4v) is 3.68. The van der Waals surface area contributed by atoms with E-state index in [9.17, 15) is 0 Å². The van der Waals surface area contributed by atoms with Crippen molar-refractivity contribution in [2.75, 3.05) is 26.8 Å². The second kappa shape index (κ2) is 7.65. The van der Waals surface area contributed by atoms with Crippen molar-refractivity contribution in [1.82, 2.24) is 5.32 Å². The monoisotopic (exact) mass is 315 g/mol. The van der Waals surface area contributed by atoms with E-state index < -0.39 is 0 Å². The molecular formula is C16H23Cl2NO. The van der Waals surface area contributed by atoms with Crippen LogP contribution in [0.1, 0.15) is 31.2 Å². The third-order valence-electron chi connectivity index (χ3n) is 4.26. The van der Waals surface area contributed by atoms with Crippen molar-refractivity contribution in [2.45, 2.75) is 32.1 Å². The van der Waals surface area contributed by atoms with Crippen LogP contribution in [0.25, 0.3) is 0 Å². The lowest BCUT2D eigenvalue weighted by molar-refractivity contribution is 0.190. The highest BCUT2D eigenvalue weighted by Crippen LogP contribution is 2.43. The molecule has 0 bridgehead atoms. The fourth-order valence-electron chi connectivity index (χ4n) is 3.15. The number of benzene rings is 1. The molecule has 0 saturated heterocycles. The van der Waals surface area contributed by atoms with Crippen LogP contribution in [0.3, 0.4) is 0 Å². The predicted octanol–water partition coefficient (Wildman–Crippen LogP) is 4.33. The van der Waals surface area contributed by atoms with Gasteiger partial charge in [-0.15, -0.1) is 0 Å². The predicted molar refractivity (Wildman–Crippen MR) is 85.8 cm³/mol. The highest BCUT2D eigenvalue weighted by atomic mass is 35.5. The Labute approximate surface area is 131 Å². The molecule has 0 radical (unpaired) electrons. The van der Waals surface area contributed by atoms with E-state index >= 15 is 0 Å². The Kier molecular flexibility index (Phi) is 6.16. The average Bonchev–Trinajstić information content (AvgIpc) is 2.89. The number of halogens is 2. The number of hydrogen-bond acceptors (Lipinski definition) is 2. The summed E-state index contributed by atoms with van der Waals surface area (Å²) >= 11 is 12.7. The van der Waals surface area contributed by atoms with Gasteiger partial charge in [0.2, 0.25) is 0 Å². The summed E-state index contributed by atoms with van der Waals surface area (Å²) in [5, 5.41) is 5.10. The molecule has 1 aliphatic rings. The maximum atomic E-state index is 6.33. The molecule has 2 rings (SSSR count).